The Bertz CT molecular complexity index is 499. The zero-order valence-electron chi connectivity index (χ0n) is 23.0. The molecule has 0 saturated carbocycles. The maximum absolute atomic E-state index is 3.68. The molecule has 0 amide bonds. The summed E-state index contributed by atoms with van der Waals surface area (Å²) in [6.07, 6.45) is 7.31. The minimum absolute atomic E-state index is 0. The molecule has 0 radical (unpaired) electrons. The molecule has 4 heteroatoms. The van der Waals surface area contributed by atoms with E-state index >= 15 is 0 Å². The van der Waals surface area contributed by atoms with Crippen molar-refractivity contribution in [2.24, 2.45) is 0 Å². The summed E-state index contributed by atoms with van der Waals surface area (Å²) in [7, 11) is 8.23. The third-order valence-corrected chi connectivity index (χ3v) is 3.73. The van der Waals surface area contributed by atoms with Crippen molar-refractivity contribution in [3.63, 3.8) is 0 Å². The van der Waals surface area contributed by atoms with Crippen molar-refractivity contribution in [3.8, 4) is 0 Å². The van der Waals surface area contributed by atoms with Gasteiger partial charge in [-0.3, -0.25) is 0 Å². The Morgan fingerprint density at radius 1 is 0.719 bits per heavy atom. The first kappa shape index (κ1) is 38.9. The van der Waals surface area contributed by atoms with Crippen LogP contribution in [0.25, 0.3) is 0 Å². The standard InChI is InChI=1S/2C9H12N.2C5H11.Li.Mo.H/c2*1-10(2)8-9-6-4-3-5-7-9;2*1-3-5-4-2;;;/h2*3-6H,8H2,1-2H3;2*1,3-5H2,2H3;;;/q4*-1;+1;+4;-1. The van der Waals surface area contributed by atoms with Crippen LogP contribution in [-0.4, -0.2) is 38.0 Å². The van der Waals surface area contributed by atoms with Crippen LogP contribution in [0, 0.1) is 26.0 Å². The van der Waals surface area contributed by atoms with Gasteiger partial charge in [-0.05, 0) is 28.2 Å². The topological polar surface area (TPSA) is 6.48 Å². The molecule has 0 aromatic heterocycles. The minimum atomic E-state index is 0. The van der Waals surface area contributed by atoms with Crippen LogP contribution in [0.3, 0.4) is 0 Å². The second-order valence-electron chi connectivity index (χ2n) is 7.67. The quantitative estimate of drug-likeness (QED) is 0.384. The third-order valence-electron chi connectivity index (χ3n) is 3.73. The molecule has 2 aromatic rings. The van der Waals surface area contributed by atoms with Gasteiger partial charge in [0.05, 0.1) is 0 Å². The van der Waals surface area contributed by atoms with Gasteiger partial charge in [-0.15, -0.1) is 11.1 Å². The van der Waals surface area contributed by atoms with Crippen molar-refractivity contribution in [1.29, 1.82) is 0 Å². The first-order valence-corrected chi connectivity index (χ1v) is 11.2. The molecule has 0 aliphatic carbocycles. The smallest absolute Gasteiger partial charge is 1.00 e. The molecule has 0 bridgehead atoms. The molecule has 0 aliphatic heterocycles. The van der Waals surface area contributed by atoms with Gasteiger partial charge in [0.1, 0.15) is 0 Å². The zero-order valence-corrected chi connectivity index (χ0v) is 24.0. The SMILES string of the molecule is CN(C)Cc1[c-]cccc1.CN(C)Cc1[c-]cccc1.[CH2-]CCCC.[CH2-]CCCC.[H-].[Li+].[Mo+4]. The fourth-order valence-corrected chi connectivity index (χ4v) is 2.24. The Kier molecular flexibility index (Phi) is 37.2. The third kappa shape index (κ3) is 31.8. The summed E-state index contributed by atoms with van der Waals surface area (Å²) in [5.74, 6) is 0. The first-order chi connectivity index (χ1) is 14.4. The Morgan fingerprint density at radius 3 is 1.22 bits per heavy atom. The van der Waals surface area contributed by atoms with Crippen LogP contribution in [0.2, 0.25) is 0 Å². The fraction of sp³-hybridized carbons (Fsp3) is 0.500. The van der Waals surface area contributed by atoms with Crippen LogP contribution in [-0.2, 0) is 34.2 Å². The zero-order chi connectivity index (χ0) is 23.0. The second kappa shape index (κ2) is 30.6. The Labute approximate surface area is 229 Å². The molecule has 0 atom stereocenters. The molecule has 2 rings (SSSR count). The van der Waals surface area contributed by atoms with Crippen LogP contribution >= 0.6 is 0 Å². The Balaban J connectivity index is -0.000000108. The number of benzene rings is 2. The van der Waals surface area contributed by atoms with E-state index in [2.05, 4.69) is 90.0 Å². The van der Waals surface area contributed by atoms with Crippen molar-refractivity contribution >= 4 is 0 Å². The molecule has 0 saturated heterocycles. The van der Waals surface area contributed by atoms with E-state index in [1.54, 1.807) is 0 Å². The first-order valence-electron chi connectivity index (χ1n) is 11.2. The van der Waals surface area contributed by atoms with Crippen molar-refractivity contribution in [2.45, 2.75) is 65.5 Å². The molecule has 176 valence electrons. The summed E-state index contributed by atoms with van der Waals surface area (Å²) >= 11 is 0. The van der Waals surface area contributed by atoms with Crippen molar-refractivity contribution in [1.82, 2.24) is 9.80 Å². The van der Waals surface area contributed by atoms with E-state index < -0.39 is 0 Å². The van der Waals surface area contributed by atoms with Crippen LogP contribution in [0.15, 0.2) is 48.5 Å². The van der Waals surface area contributed by atoms with Gasteiger partial charge in [-0.2, -0.15) is 73.5 Å². The molecule has 0 fully saturated rings. The molecular formula is C28H47LiMoN2. The number of rotatable bonds is 8. The van der Waals surface area contributed by atoms with Gasteiger partial charge in [0.15, 0.2) is 0 Å². The van der Waals surface area contributed by atoms with E-state index in [4.69, 9.17) is 0 Å². The van der Waals surface area contributed by atoms with E-state index in [1.807, 2.05) is 36.4 Å². The molecule has 0 unspecified atom stereocenters. The molecule has 0 N–H and O–H groups in total. The summed E-state index contributed by atoms with van der Waals surface area (Å²) in [6.45, 7) is 13.6. The summed E-state index contributed by atoms with van der Waals surface area (Å²) in [5, 5.41) is 0. The Hall–Kier alpha value is -0.354. The maximum atomic E-state index is 3.68. The van der Waals surface area contributed by atoms with Gasteiger partial charge in [-0.1, -0.05) is 39.5 Å². The average molecular weight is 515 g/mol. The predicted octanol–water partition coefficient (Wildman–Crippen LogP) is 4.23. The van der Waals surface area contributed by atoms with Crippen LogP contribution in [0.5, 0.6) is 0 Å². The van der Waals surface area contributed by atoms with Gasteiger partial charge in [0.2, 0.25) is 0 Å². The number of nitrogens with zero attached hydrogens (tertiary/aromatic N) is 2. The van der Waals surface area contributed by atoms with Gasteiger partial charge >= 0.3 is 39.9 Å². The molecule has 0 spiro atoms. The van der Waals surface area contributed by atoms with Gasteiger partial charge < -0.3 is 25.1 Å². The van der Waals surface area contributed by atoms with Gasteiger partial charge in [-0.25, -0.2) is 0 Å². The second-order valence-corrected chi connectivity index (χ2v) is 7.67. The van der Waals surface area contributed by atoms with Crippen molar-refractivity contribution in [2.75, 3.05) is 28.2 Å². The predicted molar refractivity (Wildman–Crippen MR) is 136 cm³/mol. The van der Waals surface area contributed by atoms with E-state index in [0.717, 1.165) is 25.9 Å². The monoisotopic (exact) mass is 516 g/mol. The molecule has 32 heavy (non-hydrogen) atoms. The fourth-order valence-electron chi connectivity index (χ4n) is 2.24. The van der Waals surface area contributed by atoms with Crippen LogP contribution < -0.4 is 18.9 Å². The summed E-state index contributed by atoms with van der Waals surface area (Å²) in [5.41, 5.74) is 2.49. The van der Waals surface area contributed by atoms with Crippen LogP contribution in [0.1, 0.15) is 64.9 Å². The normalized spacial score (nSPS) is 9.06. The number of hydrogen-bond donors (Lipinski definition) is 0. The molecule has 2 nitrogen and oxygen atoms in total. The van der Waals surface area contributed by atoms with Gasteiger partial charge in [0.25, 0.3) is 0 Å². The van der Waals surface area contributed by atoms with Crippen molar-refractivity contribution in [3.05, 3.63) is 85.6 Å². The average Bonchev–Trinajstić information content (AvgIpc) is 2.71. The Morgan fingerprint density at radius 2 is 1.06 bits per heavy atom. The maximum Gasteiger partial charge on any atom is 4.00 e. The van der Waals surface area contributed by atoms with E-state index in [9.17, 15) is 0 Å². The summed E-state index contributed by atoms with van der Waals surface area (Å²) in [4.78, 5) is 4.26. The summed E-state index contributed by atoms with van der Waals surface area (Å²) < 4.78 is 0. The van der Waals surface area contributed by atoms with Crippen molar-refractivity contribution < 1.29 is 41.4 Å². The molecule has 0 aliphatic rings. The molecular weight excluding hydrogens is 467 g/mol. The number of hydrogen-bond acceptors (Lipinski definition) is 2. The van der Waals surface area contributed by atoms with E-state index in [-0.39, 0.29) is 41.4 Å². The molecule has 0 heterocycles. The van der Waals surface area contributed by atoms with E-state index in [1.165, 1.54) is 36.8 Å². The molecule has 2 aromatic carbocycles. The van der Waals surface area contributed by atoms with E-state index in [0.29, 0.717) is 0 Å². The summed E-state index contributed by atoms with van der Waals surface area (Å²) in [6, 6.07) is 22.4. The van der Waals surface area contributed by atoms with Crippen LogP contribution in [0.4, 0.5) is 0 Å². The number of unbranched alkanes of at least 4 members (excludes halogenated alkanes) is 4. The largest absolute Gasteiger partial charge is 4.00 e. The van der Waals surface area contributed by atoms with Gasteiger partial charge in [0, 0.05) is 13.1 Å². The minimum Gasteiger partial charge on any atom is -1.00 e.